The van der Waals surface area contributed by atoms with Crippen molar-refractivity contribution in [1.82, 2.24) is 9.80 Å². The lowest BCUT2D eigenvalue weighted by Crippen LogP contribution is -2.59. The van der Waals surface area contributed by atoms with Crippen molar-refractivity contribution in [3.05, 3.63) is 0 Å². The second-order valence-corrected chi connectivity index (χ2v) is 6.02. The van der Waals surface area contributed by atoms with Crippen LogP contribution in [0.25, 0.3) is 0 Å². The normalized spacial score (nSPS) is 25.6. The molecule has 2 aliphatic heterocycles. The van der Waals surface area contributed by atoms with Gasteiger partial charge in [0.15, 0.2) is 0 Å². The Balaban J connectivity index is 2.06. The molecule has 5 heteroatoms. The van der Waals surface area contributed by atoms with Crippen molar-refractivity contribution in [2.45, 2.75) is 44.7 Å². The maximum Gasteiger partial charge on any atom is 0.305 e. The van der Waals surface area contributed by atoms with Crippen molar-refractivity contribution in [3.8, 4) is 0 Å². The van der Waals surface area contributed by atoms with Gasteiger partial charge in [-0.15, -0.1) is 0 Å². The fourth-order valence-corrected chi connectivity index (χ4v) is 3.38. The summed E-state index contributed by atoms with van der Waals surface area (Å²) in [7, 11) is 0. The van der Waals surface area contributed by atoms with Gasteiger partial charge in [0.05, 0.1) is 19.6 Å². The number of aliphatic carboxylic acids is 1. The molecule has 0 aromatic rings. The highest BCUT2D eigenvalue weighted by Crippen LogP contribution is 2.33. The van der Waals surface area contributed by atoms with Crippen molar-refractivity contribution in [3.63, 3.8) is 0 Å². The van der Waals surface area contributed by atoms with Crippen LogP contribution in [0, 0.1) is 0 Å². The summed E-state index contributed by atoms with van der Waals surface area (Å²) in [4.78, 5) is 16.1. The molecule has 110 valence electrons. The summed E-state index contributed by atoms with van der Waals surface area (Å²) >= 11 is 0. The van der Waals surface area contributed by atoms with E-state index in [0.717, 1.165) is 52.2 Å². The molecule has 0 radical (unpaired) electrons. The van der Waals surface area contributed by atoms with Crippen LogP contribution in [0.15, 0.2) is 0 Å². The number of rotatable bonds is 4. The zero-order chi connectivity index (χ0) is 13.9. The van der Waals surface area contributed by atoms with Crippen LogP contribution in [0.1, 0.15) is 33.1 Å². The standard InChI is InChI=1S/C14H26N2O3/c1-12(2)15-5-3-14(4-6-15,11-13(17)18)16-7-9-19-10-8-16/h12H,3-11H2,1-2H3,(H,17,18). The third kappa shape index (κ3) is 3.46. The fraction of sp³-hybridized carbons (Fsp3) is 0.929. The van der Waals surface area contributed by atoms with Gasteiger partial charge in [-0.2, -0.15) is 0 Å². The number of hydrogen-bond donors (Lipinski definition) is 1. The number of carbonyl (C=O) groups is 1. The fourth-order valence-electron chi connectivity index (χ4n) is 3.38. The summed E-state index contributed by atoms with van der Waals surface area (Å²) < 4.78 is 5.40. The van der Waals surface area contributed by atoms with Crippen molar-refractivity contribution >= 4 is 5.97 Å². The van der Waals surface area contributed by atoms with Crippen molar-refractivity contribution < 1.29 is 14.6 Å². The lowest BCUT2D eigenvalue weighted by Gasteiger charge is -2.50. The largest absolute Gasteiger partial charge is 0.481 e. The third-order valence-corrected chi connectivity index (χ3v) is 4.62. The van der Waals surface area contributed by atoms with E-state index in [4.69, 9.17) is 4.74 Å². The van der Waals surface area contributed by atoms with Gasteiger partial charge in [-0.1, -0.05) is 0 Å². The Morgan fingerprint density at radius 2 is 1.79 bits per heavy atom. The maximum absolute atomic E-state index is 11.3. The number of hydrogen-bond acceptors (Lipinski definition) is 4. The molecule has 0 aromatic heterocycles. The van der Waals surface area contributed by atoms with E-state index in [9.17, 15) is 9.90 Å². The first-order valence-electron chi connectivity index (χ1n) is 7.32. The second-order valence-electron chi connectivity index (χ2n) is 6.02. The van der Waals surface area contributed by atoms with Gasteiger partial charge in [0.2, 0.25) is 0 Å². The van der Waals surface area contributed by atoms with Gasteiger partial charge in [-0.25, -0.2) is 0 Å². The second kappa shape index (κ2) is 6.20. The molecular weight excluding hydrogens is 244 g/mol. The Morgan fingerprint density at radius 1 is 1.21 bits per heavy atom. The van der Waals surface area contributed by atoms with E-state index in [1.54, 1.807) is 0 Å². The van der Waals surface area contributed by atoms with Crippen molar-refractivity contribution in [2.24, 2.45) is 0 Å². The van der Waals surface area contributed by atoms with Crippen LogP contribution in [0.5, 0.6) is 0 Å². The number of ether oxygens (including phenoxy) is 1. The molecule has 0 aliphatic carbocycles. The SMILES string of the molecule is CC(C)N1CCC(CC(=O)O)(N2CCOCC2)CC1. The first-order chi connectivity index (χ1) is 9.03. The zero-order valence-corrected chi connectivity index (χ0v) is 12.1. The molecule has 0 saturated carbocycles. The molecule has 0 spiro atoms. The maximum atomic E-state index is 11.3. The van der Waals surface area contributed by atoms with Crippen molar-refractivity contribution in [2.75, 3.05) is 39.4 Å². The lowest BCUT2D eigenvalue weighted by molar-refractivity contribution is -0.143. The Hall–Kier alpha value is -0.650. The van der Waals surface area contributed by atoms with Crippen LogP contribution in [0.4, 0.5) is 0 Å². The Bertz CT molecular complexity index is 306. The number of likely N-dealkylation sites (tertiary alicyclic amines) is 1. The predicted octanol–water partition coefficient (Wildman–Crippen LogP) is 1.04. The van der Waals surface area contributed by atoms with Crippen LogP contribution in [0.2, 0.25) is 0 Å². The van der Waals surface area contributed by atoms with Crippen LogP contribution in [-0.4, -0.2) is 71.8 Å². The minimum Gasteiger partial charge on any atom is -0.481 e. The van der Waals surface area contributed by atoms with E-state index in [2.05, 4.69) is 23.6 Å². The highest BCUT2D eigenvalue weighted by molar-refractivity contribution is 5.68. The van der Waals surface area contributed by atoms with E-state index < -0.39 is 5.97 Å². The third-order valence-electron chi connectivity index (χ3n) is 4.62. The van der Waals surface area contributed by atoms with Crippen molar-refractivity contribution in [1.29, 1.82) is 0 Å². The highest BCUT2D eigenvalue weighted by atomic mass is 16.5. The molecule has 2 fully saturated rings. The lowest BCUT2D eigenvalue weighted by atomic mass is 9.82. The highest BCUT2D eigenvalue weighted by Gasteiger charge is 2.42. The molecule has 2 heterocycles. The predicted molar refractivity (Wildman–Crippen MR) is 73.3 cm³/mol. The van der Waals surface area contributed by atoms with E-state index in [-0.39, 0.29) is 12.0 Å². The summed E-state index contributed by atoms with van der Waals surface area (Å²) in [5.74, 6) is -0.676. The molecule has 19 heavy (non-hydrogen) atoms. The molecule has 2 saturated heterocycles. The number of nitrogens with zero attached hydrogens (tertiary/aromatic N) is 2. The zero-order valence-electron chi connectivity index (χ0n) is 12.1. The van der Waals surface area contributed by atoms with Crippen LogP contribution in [-0.2, 0) is 9.53 Å². The summed E-state index contributed by atoms with van der Waals surface area (Å²) in [6, 6.07) is 0.549. The number of carboxylic acid groups (broad SMARTS) is 1. The molecular formula is C14H26N2O3. The van der Waals surface area contributed by atoms with Gasteiger partial charge in [0, 0.05) is 37.8 Å². The quantitative estimate of drug-likeness (QED) is 0.827. The van der Waals surface area contributed by atoms with E-state index in [1.807, 2.05) is 0 Å². The minimum atomic E-state index is -0.676. The van der Waals surface area contributed by atoms with Gasteiger partial charge in [0.1, 0.15) is 0 Å². The average molecular weight is 270 g/mol. The van der Waals surface area contributed by atoms with E-state index >= 15 is 0 Å². The van der Waals surface area contributed by atoms with Crippen LogP contribution in [0.3, 0.4) is 0 Å². The Morgan fingerprint density at radius 3 is 2.26 bits per heavy atom. The van der Waals surface area contributed by atoms with Crippen LogP contribution < -0.4 is 0 Å². The summed E-state index contributed by atoms with van der Waals surface area (Å²) in [5.41, 5.74) is -0.152. The molecule has 0 aromatic carbocycles. The number of carboxylic acids is 1. The Kier molecular flexibility index (Phi) is 4.81. The number of morpholine rings is 1. The van der Waals surface area contributed by atoms with Gasteiger partial charge in [-0.05, 0) is 26.7 Å². The summed E-state index contributed by atoms with van der Waals surface area (Å²) in [6.45, 7) is 9.62. The first-order valence-corrected chi connectivity index (χ1v) is 7.32. The number of piperidine rings is 1. The molecule has 2 rings (SSSR count). The molecule has 5 nitrogen and oxygen atoms in total. The first kappa shape index (κ1) is 14.8. The van der Waals surface area contributed by atoms with Gasteiger partial charge in [-0.3, -0.25) is 9.69 Å². The summed E-state index contributed by atoms with van der Waals surface area (Å²) in [6.07, 6.45) is 2.17. The van der Waals surface area contributed by atoms with E-state index in [1.165, 1.54) is 0 Å². The molecule has 2 aliphatic rings. The molecule has 0 atom stereocenters. The molecule has 0 bridgehead atoms. The topological polar surface area (TPSA) is 53.0 Å². The van der Waals surface area contributed by atoms with Crippen LogP contribution >= 0.6 is 0 Å². The monoisotopic (exact) mass is 270 g/mol. The molecule has 0 unspecified atom stereocenters. The molecule has 0 amide bonds. The average Bonchev–Trinajstić information content (AvgIpc) is 2.39. The minimum absolute atomic E-state index is 0.152. The molecule has 1 N–H and O–H groups in total. The van der Waals surface area contributed by atoms with Gasteiger partial charge < -0.3 is 14.7 Å². The summed E-state index contributed by atoms with van der Waals surface area (Å²) in [5, 5.41) is 9.27. The Labute approximate surface area is 115 Å². The smallest absolute Gasteiger partial charge is 0.305 e. The van der Waals surface area contributed by atoms with E-state index in [0.29, 0.717) is 6.04 Å². The van der Waals surface area contributed by atoms with Gasteiger partial charge in [0.25, 0.3) is 0 Å². The van der Waals surface area contributed by atoms with Gasteiger partial charge >= 0.3 is 5.97 Å².